The molecule has 1 unspecified atom stereocenters. The van der Waals surface area contributed by atoms with E-state index in [1.165, 1.54) is 0 Å². The van der Waals surface area contributed by atoms with E-state index in [2.05, 4.69) is 10.3 Å². The summed E-state index contributed by atoms with van der Waals surface area (Å²) in [5.74, 6) is -0.575. The number of nitrogens with one attached hydrogen (secondary N) is 1. The van der Waals surface area contributed by atoms with E-state index < -0.39 is 5.82 Å². The summed E-state index contributed by atoms with van der Waals surface area (Å²) in [4.78, 5) is 3.78. The van der Waals surface area contributed by atoms with Gasteiger partial charge in [0.1, 0.15) is 11.2 Å². The van der Waals surface area contributed by atoms with Gasteiger partial charge in [0, 0.05) is 12.6 Å². The van der Waals surface area contributed by atoms with Gasteiger partial charge in [0.15, 0.2) is 11.6 Å². The van der Waals surface area contributed by atoms with E-state index in [4.69, 9.17) is 22.6 Å². The molecule has 0 radical (unpaired) electrons. The van der Waals surface area contributed by atoms with Crippen LogP contribution in [0.25, 0.3) is 0 Å². The highest BCUT2D eigenvalue weighted by atomic mass is 35.5. The Labute approximate surface area is 112 Å². The standard InChI is InChI=1S/C10H12ClFN4.C2H6/c1-2-7(5-14)15-10-8(12)3-6(4-13)9(11)16-10;1-2/h3,7H,2,5,14H2,1H3,(H,15,16);1-2H3. The average Bonchev–Trinajstić information content (AvgIpc) is 2.41. The molecule has 18 heavy (non-hydrogen) atoms. The fourth-order valence-corrected chi connectivity index (χ4v) is 1.35. The number of rotatable bonds is 4. The minimum atomic E-state index is -0.604. The maximum absolute atomic E-state index is 13.5. The van der Waals surface area contributed by atoms with E-state index in [1.807, 2.05) is 20.8 Å². The Morgan fingerprint density at radius 2 is 2.22 bits per heavy atom. The SMILES string of the molecule is CC.CCC(CN)Nc1nc(Cl)c(C#N)cc1F. The molecule has 1 heterocycles. The summed E-state index contributed by atoms with van der Waals surface area (Å²) in [6.45, 7) is 6.29. The number of hydrogen-bond donors (Lipinski definition) is 2. The molecule has 6 heteroatoms. The summed E-state index contributed by atoms with van der Waals surface area (Å²) < 4.78 is 13.5. The summed E-state index contributed by atoms with van der Waals surface area (Å²) in [6, 6.07) is 2.75. The number of halogens is 2. The molecule has 0 aromatic carbocycles. The van der Waals surface area contributed by atoms with Crippen LogP contribution < -0.4 is 11.1 Å². The van der Waals surface area contributed by atoms with Gasteiger partial charge in [-0.05, 0) is 12.5 Å². The number of aromatic nitrogens is 1. The number of nitrogens with zero attached hydrogens (tertiary/aromatic N) is 2. The van der Waals surface area contributed by atoms with Crippen LogP contribution in [0.3, 0.4) is 0 Å². The van der Waals surface area contributed by atoms with E-state index in [-0.39, 0.29) is 22.6 Å². The molecule has 0 aliphatic carbocycles. The first-order valence-corrected chi connectivity index (χ1v) is 6.22. The van der Waals surface area contributed by atoms with E-state index in [0.29, 0.717) is 6.54 Å². The minimum Gasteiger partial charge on any atom is -0.364 e. The van der Waals surface area contributed by atoms with Gasteiger partial charge >= 0.3 is 0 Å². The molecule has 4 nitrogen and oxygen atoms in total. The largest absolute Gasteiger partial charge is 0.364 e. The monoisotopic (exact) mass is 272 g/mol. The zero-order chi connectivity index (χ0) is 14.1. The Balaban J connectivity index is 0.00000137. The topological polar surface area (TPSA) is 74.7 Å². The van der Waals surface area contributed by atoms with Crippen molar-refractivity contribution >= 4 is 17.4 Å². The van der Waals surface area contributed by atoms with Gasteiger partial charge in [0.2, 0.25) is 0 Å². The van der Waals surface area contributed by atoms with Crippen LogP contribution in [0.2, 0.25) is 5.15 Å². The van der Waals surface area contributed by atoms with Crippen molar-refractivity contribution in [3.05, 3.63) is 22.6 Å². The molecule has 1 rings (SSSR count). The number of anilines is 1. The lowest BCUT2D eigenvalue weighted by Gasteiger charge is -2.15. The molecule has 1 atom stereocenters. The molecule has 0 aliphatic rings. The fraction of sp³-hybridized carbons (Fsp3) is 0.500. The van der Waals surface area contributed by atoms with Crippen LogP contribution in [-0.4, -0.2) is 17.6 Å². The summed E-state index contributed by atoms with van der Waals surface area (Å²) in [7, 11) is 0. The average molecular weight is 273 g/mol. The summed E-state index contributed by atoms with van der Waals surface area (Å²) >= 11 is 5.70. The van der Waals surface area contributed by atoms with Gasteiger partial charge in [-0.1, -0.05) is 32.4 Å². The van der Waals surface area contributed by atoms with E-state index in [1.54, 1.807) is 6.07 Å². The molecule has 1 aromatic rings. The van der Waals surface area contributed by atoms with Crippen molar-refractivity contribution in [2.45, 2.75) is 33.2 Å². The van der Waals surface area contributed by atoms with Gasteiger partial charge in [-0.15, -0.1) is 0 Å². The summed E-state index contributed by atoms with van der Waals surface area (Å²) in [5.41, 5.74) is 5.50. The molecule has 100 valence electrons. The van der Waals surface area contributed by atoms with Crippen LogP contribution in [0.5, 0.6) is 0 Å². The van der Waals surface area contributed by atoms with Crippen LogP contribution >= 0.6 is 11.6 Å². The quantitative estimate of drug-likeness (QED) is 0.827. The molecule has 0 bridgehead atoms. The summed E-state index contributed by atoms with van der Waals surface area (Å²) in [6.07, 6.45) is 0.745. The van der Waals surface area contributed by atoms with E-state index in [0.717, 1.165) is 12.5 Å². The predicted molar refractivity (Wildman–Crippen MR) is 72.0 cm³/mol. The molecule has 1 aromatic heterocycles. The molecule has 0 saturated carbocycles. The first-order valence-electron chi connectivity index (χ1n) is 5.85. The normalized spacial score (nSPS) is 10.9. The highest BCUT2D eigenvalue weighted by Crippen LogP contribution is 2.20. The smallest absolute Gasteiger partial charge is 0.166 e. The molecule has 0 spiro atoms. The second kappa shape index (κ2) is 8.67. The Kier molecular flexibility index (Phi) is 8.01. The maximum atomic E-state index is 13.5. The van der Waals surface area contributed by atoms with Crippen molar-refractivity contribution in [1.82, 2.24) is 4.98 Å². The molecule has 0 aliphatic heterocycles. The number of nitrogens with two attached hydrogens (primary N) is 1. The van der Waals surface area contributed by atoms with Gasteiger partial charge in [0.25, 0.3) is 0 Å². The van der Waals surface area contributed by atoms with Gasteiger partial charge in [-0.3, -0.25) is 0 Å². The Bertz CT molecular complexity index is 413. The lowest BCUT2D eigenvalue weighted by Crippen LogP contribution is -2.28. The third kappa shape index (κ3) is 4.47. The third-order valence-electron chi connectivity index (χ3n) is 2.17. The van der Waals surface area contributed by atoms with Gasteiger partial charge < -0.3 is 11.1 Å². The molecular formula is C12H18ClFN4. The molecule has 3 N–H and O–H groups in total. The predicted octanol–water partition coefficient (Wildman–Crippen LogP) is 2.92. The van der Waals surface area contributed by atoms with Crippen LogP contribution in [0.15, 0.2) is 6.07 Å². The molecule has 0 amide bonds. The highest BCUT2D eigenvalue weighted by Gasteiger charge is 2.12. The number of nitriles is 1. The van der Waals surface area contributed by atoms with Crippen molar-refractivity contribution in [2.75, 3.05) is 11.9 Å². The van der Waals surface area contributed by atoms with Crippen molar-refractivity contribution < 1.29 is 4.39 Å². The second-order valence-electron chi connectivity index (χ2n) is 3.25. The highest BCUT2D eigenvalue weighted by molar-refractivity contribution is 6.30. The van der Waals surface area contributed by atoms with Gasteiger partial charge in [0.05, 0.1) is 5.56 Å². The number of hydrogen-bond acceptors (Lipinski definition) is 4. The molecule has 0 fully saturated rings. The van der Waals surface area contributed by atoms with Crippen LogP contribution in [0.4, 0.5) is 10.2 Å². The van der Waals surface area contributed by atoms with Crippen molar-refractivity contribution in [1.29, 1.82) is 5.26 Å². The lowest BCUT2D eigenvalue weighted by atomic mass is 10.2. The molecule has 0 saturated heterocycles. The number of pyridine rings is 1. The van der Waals surface area contributed by atoms with Crippen LogP contribution in [-0.2, 0) is 0 Å². The maximum Gasteiger partial charge on any atom is 0.166 e. The first kappa shape index (κ1) is 16.6. The zero-order valence-electron chi connectivity index (χ0n) is 10.8. The van der Waals surface area contributed by atoms with Crippen molar-refractivity contribution in [3.8, 4) is 6.07 Å². The summed E-state index contributed by atoms with van der Waals surface area (Å²) in [5, 5.41) is 11.4. The first-order chi connectivity index (χ1) is 8.62. The Morgan fingerprint density at radius 3 is 2.67 bits per heavy atom. The third-order valence-corrected chi connectivity index (χ3v) is 2.46. The van der Waals surface area contributed by atoms with Gasteiger partial charge in [-0.25, -0.2) is 9.37 Å². The minimum absolute atomic E-state index is 0.0155. The van der Waals surface area contributed by atoms with E-state index in [9.17, 15) is 4.39 Å². The van der Waals surface area contributed by atoms with Crippen molar-refractivity contribution in [2.24, 2.45) is 5.73 Å². The Hall–Kier alpha value is -1.38. The molecular weight excluding hydrogens is 255 g/mol. The zero-order valence-corrected chi connectivity index (χ0v) is 11.6. The fourth-order valence-electron chi connectivity index (χ4n) is 1.17. The van der Waals surface area contributed by atoms with Crippen molar-refractivity contribution in [3.63, 3.8) is 0 Å². The second-order valence-corrected chi connectivity index (χ2v) is 3.61. The lowest BCUT2D eigenvalue weighted by molar-refractivity contribution is 0.613. The van der Waals surface area contributed by atoms with Crippen LogP contribution in [0, 0.1) is 17.1 Å². The van der Waals surface area contributed by atoms with Crippen LogP contribution in [0.1, 0.15) is 32.8 Å². The Morgan fingerprint density at radius 1 is 1.61 bits per heavy atom. The van der Waals surface area contributed by atoms with Gasteiger partial charge in [-0.2, -0.15) is 5.26 Å². The van der Waals surface area contributed by atoms with E-state index >= 15 is 0 Å².